The highest BCUT2D eigenvalue weighted by atomic mass is 32.2. The van der Waals surface area contributed by atoms with Crippen LogP contribution in [0.5, 0.6) is 0 Å². The molecule has 2 aliphatic heterocycles. The van der Waals surface area contributed by atoms with Gasteiger partial charge in [0.05, 0.1) is 22.6 Å². The molecule has 3 rings (SSSR count). The molecule has 1 atom stereocenters. The maximum absolute atomic E-state index is 13.1. The van der Waals surface area contributed by atoms with Crippen molar-refractivity contribution in [2.24, 2.45) is 0 Å². The Bertz CT molecular complexity index is 910. The molecule has 0 spiro atoms. The summed E-state index contributed by atoms with van der Waals surface area (Å²) >= 11 is 0. The van der Waals surface area contributed by atoms with Crippen LogP contribution in [0.2, 0.25) is 0 Å². The molecule has 3 amide bonds. The lowest BCUT2D eigenvalue weighted by Crippen LogP contribution is -2.44. The minimum absolute atomic E-state index is 0.0444. The van der Waals surface area contributed by atoms with E-state index in [1.165, 1.54) is 25.2 Å². The molecule has 1 saturated heterocycles. The normalized spacial score (nSPS) is 21.0. The van der Waals surface area contributed by atoms with Gasteiger partial charge in [0.2, 0.25) is 0 Å². The monoisotopic (exact) mass is 393 g/mol. The minimum Gasteiger partial charge on any atom is -0.333 e. The van der Waals surface area contributed by atoms with Crippen LogP contribution in [0.25, 0.3) is 0 Å². The van der Waals surface area contributed by atoms with Gasteiger partial charge in [-0.2, -0.15) is 0 Å². The molecule has 2 aliphatic rings. The van der Waals surface area contributed by atoms with Crippen LogP contribution in [0.4, 0.5) is 0 Å². The number of likely N-dealkylation sites (N-methyl/N-ethyl adjacent to an activating group) is 1. The average molecular weight is 393 g/mol. The molecule has 146 valence electrons. The number of benzene rings is 1. The molecule has 8 nitrogen and oxygen atoms in total. The highest BCUT2D eigenvalue weighted by Gasteiger charge is 2.37. The zero-order chi connectivity index (χ0) is 19.9. The molecular weight excluding hydrogens is 370 g/mol. The van der Waals surface area contributed by atoms with Crippen LogP contribution in [0.1, 0.15) is 37.5 Å². The van der Waals surface area contributed by atoms with E-state index in [0.29, 0.717) is 19.5 Å². The predicted octanol–water partition coefficient (Wildman–Crippen LogP) is 0.103. The van der Waals surface area contributed by atoms with Gasteiger partial charge in [-0.05, 0) is 38.7 Å². The second kappa shape index (κ2) is 7.05. The highest BCUT2D eigenvalue weighted by molar-refractivity contribution is 7.91. The van der Waals surface area contributed by atoms with E-state index in [-0.39, 0.29) is 46.1 Å². The Morgan fingerprint density at radius 3 is 2.41 bits per heavy atom. The summed E-state index contributed by atoms with van der Waals surface area (Å²) in [6, 6.07) is 4.07. The van der Waals surface area contributed by atoms with E-state index < -0.39 is 15.7 Å². The summed E-state index contributed by atoms with van der Waals surface area (Å²) in [7, 11) is 2.02. The number of hydrogen-bond donors (Lipinski definition) is 0. The molecular formula is C18H23N3O5S. The minimum atomic E-state index is -3.14. The fourth-order valence-electron chi connectivity index (χ4n) is 3.44. The van der Waals surface area contributed by atoms with E-state index in [1.54, 1.807) is 4.90 Å². The molecule has 0 aliphatic carbocycles. The molecule has 0 saturated carbocycles. The van der Waals surface area contributed by atoms with Crippen LogP contribution in [0.15, 0.2) is 18.2 Å². The van der Waals surface area contributed by atoms with Gasteiger partial charge in [0.15, 0.2) is 9.84 Å². The number of nitrogens with zero attached hydrogens (tertiary/aromatic N) is 3. The second-order valence-corrected chi connectivity index (χ2v) is 9.52. The molecule has 0 N–H and O–H groups in total. The zero-order valence-corrected chi connectivity index (χ0v) is 16.5. The summed E-state index contributed by atoms with van der Waals surface area (Å²) in [5, 5.41) is 0. The number of rotatable bonds is 5. The zero-order valence-electron chi connectivity index (χ0n) is 15.6. The smallest absolute Gasteiger partial charge is 0.261 e. The van der Waals surface area contributed by atoms with Crippen LogP contribution in [0, 0.1) is 0 Å². The molecule has 2 heterocycles. The first kappa shape index (κ1) is 19.5. The summed E-state index contributed by atoms with van der Waals surface area (Å²) in [4.78, 5) is 41.9. The Labute approximate surface area is 158 Å². The summed E-state index contributed by atoms with van der Waals surface area (Å²) in [6.07, 6.45) is 0.409. The average Bonchev–Trinajstić information content (AvgIpc) is 3.07. The van der Waals surface area contributed by atoms with E-state index in [9.17, 15) is 22.8 Å². The lowest BCUT2D eigenvalue weighted by Gasteiger charge is -2.29. The number of hydrogen-bond acceptors (Lipinski definition) is 6. The van der Waals surface area contributed by atoms with Crippen molar-refractivity contribution in [3.63, 3.8) is 0 Å². The Kier molecular flexibility index (Phi) is 5.09. The predicted molar refractivity (Wildman–Crippen MR) is 99.5 cm³/mol. The molecule has 0 bridgehead atoms. The summed E-state index contributed by atoms with van der Waals surface area (Å²) in [5.41, 5.74) is 0.774. The quantitative estimate of drug-likeness (QED) is 0.659. The Morgan fingerprint density at radius 1 is 1.15 bits per heavy atom. The third-order valence-electron chi connectivity index (χ3n) is 5.03. The molecule has 1 aromatic rings. The van der Waals surface area contributed by atoms with Crippen molar-refractivity contribution >= 4 is 27.6 Å². The van der Waals surface area contributed by atoms with Gasteiger partial charge in [-0.1, -0.05) is 0 Å². The Balaban J connectivity index is 1.90. The van der Waals surface area contributed by atoms with E-state index in [1.807, 2.05) is 19.0 Å². The van der Waals surface area contributed by atoms with Crippen LogP contribution in [-0.2, 0) is 9.84 Å². The van der Waals surface area contributed by atoms with Gasteiger partial charge >= 0.3 is 0 Å². The van der Waals surface area contributed by atoms with Gasteiger partial charge in [0, 0.05) is 31.7 Å². The standard InChI is InChI=1S/C18H23N3O5S/c1-19(2)7-8-21(13-6-9-27(25,26)11-13)16(22)12-4-5-14-15(10-12)18(24)20(3)17(14)23/h4-5,10,13H,6-9,11H2,1-3H3. The van der Waals surface area contributed by atoms with Crippen molar-refractivity contribution in [1.82, 2.24) is 14.7 Å². The fraction of sp³-hybridized carbons (Fsp3) is 0.500. The van der Waals surface area contributed by atoms with E-state index in [0.717, 1.165) is 4.90 Å². The van der Waals surface area contributed by atoms with Crippen LogP contribution in [0.3, 0.4) is 0 Å². The molecule has 0 radical (unpaired) electrons. The summed E-state index contributed by atoms with van der Waals surface area (Å²) in [6.45, 7) is 0.975. The lowest BCUT2D eigenvalue weighted by atomic mass is 10.0. The van der Waals surface area contributed by atoms with Crippen LogP contribution < -0.4 is 0 Å². The van der Waals surface area contributed by atoms with Crippen molar-refractivity contribution in [2.75, 3.05) is 45.7 Å². The molecule has 0 aromatic heterocycles. The van der Waals surface area contributed by atoms with E-state index in [4.69, 9.17) is 0 Å². The molecule has 1 fully saturated rings. The number of fused-ring (bicyclic) bond motifs is 1. The van der Waals surface area contributed by atoms with E-state index in [2.05, 4.69) is 0 Å². The van der Waals surface area contributed by atoms with Crippen molar-refractivity contribution in [3.8, 4) is 0 Å². The van der Waals surface area contributed by atoms with Crippen LogP contribution in [-0.4, -0.2) is 92.6 Å². The Morgan fingerprint density at radius 2 is 1.81 bits per heavy atom. The second-order valence-electron chi connectivity index (χ2n) is 7.29. The summed E-state index contributed by atoms with van der Waals surface area (Å²) in [5.74, 6) is -1.12. The van der Waals surface area contributed by atoms with Crippen LogP contribution >= 0.6 is 0 Å². The number of carbonyl (C=O) groups excluding carboxylic acids is 3. The third kappa shape index (κ3) is 3.74. The largest absolute Gasteiger partial charge is 0.333 e. The maximum Gasteiger partial charge on any atom is 0.261 e. The first-order chi connectivity index (χ1) is 12.6. The third-order valence-corrected chi connectivity index (χ3v) is 6.79. The molecule has 1 unspecified atom stereocenters. The van der Waals surface area contributed by atoms with Crippen molar-refractivity contribution in [3.05, 3.63) is 34.9 Å². The Hall–Kier alpha value is -2.26. The van der Waals surface area contributed by atoms with Gasteiger partial charge in [0.25, 0.3) is 17.7 Å². The van der Waals surface area contributed by atoms with E-state index >= 15 is 0 Å². The SMILES string of the molecule is CN(C)CCN(C(=O)c1ccc2c(c1)C(=O)N(C)C2=O)C1CCS(=O)(=O)C1. The highest BCUT2D eigenvalue weighted by Crippen LogP contribution is 2.25. The van der Waals surface area contributed by atoms with Gasteiger partial charge in [-0.25, -0.2) is 8.42 Å². The van der Waals surface area contributed by atoms with Gasteiger partial charge in [-0.3, -0.25) is 19.3 Å². The van der Waals surface area contributed by atoms with Gasteiger partial charge in [-0.15, -0.1) is 0 Å². The van der Waals surface area contributed by atoms with Crippen molar-refractivity contribution < 1.29 is 22.8 Å². The van der Waals surface area contributed by atoms with Crippen molar-refractivity contribution in [1.29, 1.82) is 0 Å². The number of sulfone groups is 1. The number of amides is 3. The van der Waals surface area contributed by atoms with Gasteiger partial charge in [0.1, 0.15) is 0 Å². The molecule has 9 heteroatoms. The summed E-state index contributed by atoms with van der Waals surface area (Å²) < 4.78 is 23.8. The first-order valence-electron chi connectivity index (χ1n) is 8.73. The lowest BCUT2D eigenvalue weighted by molar-refractivity contribution is 0.0679. The molecule has 1 aromatic carbocycles. The number of imide groups is 1. The maximum atomic E-state index is 13.1. The van der Waals surface area contributed by atoms with Gasteiger partial charge < -0.3 is 9.80 Å². The fourth-order valence-corrected chi connectivity index (χ4v) is 5.17. The first-order valence-corrected chi connectivity index (χ1v) is 10.6. The van der Waals surface area contributed by atoms with Crippen molar-refractivity contribution in [2.45, 2.75) is 12.5 Å². The number of carbonyl (C=O) groups is 3. The molecule has 27 heavy (non-hydrogen) atoms. The topological polar surface area (TPSA) is 95.1 Å².